The standard InChI is InChI=1S/C11H16N6OS/c1-3-12-9-14-10(17-6-4-5-13-17)16-11(15-9)19-8(2)7-18/h4-6,8,18H,3,7H2,1-2H3,(H,12,14,15,16). The number of hydrogen-bond acceptors (Lipinski definition) is 7. The second kappa shape index (κ2) is 6.48. The van der Waals surface area contributed by atoms with E-state index in [9.17, 15) is 0 Å². The van der Waals surface area contributed by atoms with Gasteiger partial charge in [0.1, 0.15) is 0 Å². The number of nitrogens with one attached hydrogen (secondary N) is 1. The van der Waals surface area contributed by atoms with E-state index in [1.54, 1.807) is 23.1 Å². The highest BCUT2D eigenvalue weighted by Gasteiger charge is 2.11. The van der Waals surface area contributed by atoms with Crippen LogP contribution in [0.4, 0.5) is 5.95 Å². The van der Waals surface area contributed by atoms with Gasteiger partial charge in [-0.1, -0.05) is 18.7 Å². The van der Waals surface area contributed by atoms with Crippen molar-refractivity contribution in [1.82, 2.24) is 24.7 Å². The van der Waals surface area contributed by atoms with E-state index in [2.05, 4.69) is 25.4 Å². The first-order chi connectivity index (χ1) is 9.22. The SMILES string of the molecule is CCNc1nc(SC(C)CO)nc(-n2cccn2)n1. The third kappa shape index (κ3) is 3.65. The quantitative estimate of drug-likeness (QED) is 0.762. The molecule has 2 N–H and O–H groups in total. The van der Waals surface area contributed by atoms with Crippen LogP contribution in [0.15, 0.2) is 23.6 Å². The van der Waals surface area contributed by atoms with Crippen molar-refractivity contribution in [3.05, 3.63) is 18.5 Å². The maximum absolute atomic E-state index is 9.10. The molecular weight excluding hydrogens is 264 g/mol. The van der Waals surface area contributed by atoms with Crippen LogP contribution in [0, 0.1) is 0 Å². The van der Waals surface area contributed by atoms with Crippen molar-refractivity contribution in [3.8, 4) is 5.95 Å². The Morgan fingerprint density at radius 1 is 1.42 bits per heavy atom. The average molecular weight is 280 g/mol. The number of rotatable bonds is 6. The second-order valence-corrected chi connectivity index (χ2v) is 5.24. The van der Waals surface area contributed by atoms with Crippen LogP contribution >= 0.6 is 11.8 Å². The van der Waals surface area contributed by atoms with E-state index >= 15 is 0 Å². The Bertz CT molecular complexity index is 518. The van der Waals surface area contributed by atoms with Crippen LogP contribution in [0.25, 0.3) is 5.95 Å². The van der Waals surface area contributed by atoms with Crippen LogP contribution in [0.1, 0.15) is 13.8 Å². The van der Waals surface area contributed by atoms with E-state index in [4.69, 9.17) is 5.11 Å². The number of hydrogen-bond donors (Lipinski definition) is 2. The fourth-order valence-electron chi connectivity index (χ4n) is 1.34. The molecule has 0 radical (unpaired) electrons. The second-order valence-electron chi connectivity index (χ2n) is 3.83. The van der Waals surface area contributed by atoms with Crippen LogP contribution in [-0.4, -0.2) is 48.2 Å². The number of anilines is 1. The Labute approximate surface area is 115 Å². The molecule has 1 atom stereocenters. The molecule has 19 heavy (non-hydrogen) atoms. The molecule has 0 spiro atoms. The van der Waals surface area contributed by atoms with Crippen LogP contribution in [0.3, 0.4) is 0 Å². The van der Waals surface area contributed by atoms with Crippen molar-refractivity contribution in [2.24, 2.45) is 0 Å². The third-order valence-electron chi connectivity index (χ3n) is 2.21. The summed E-state index contributed by atoms with van der Waals surface area (Å²) in [5.74, 6) is 0.972. The molecule has 8 heteroatoms. The van der Waals surface area contributed by atoms with Gasteiger partial charge in [0.2, 0.25) is 5.95 Å². The summed E-state index contributed by atoms with van der Waals surface area (Å²) in [6, 6.07) is 1.81. The van der Waals surface area contributed by atoms with Crippen LogP contribution < -0.4 is 5.32 Å². The summed E-state index contributed by atoms with van der Waals surface area (Å²) in [6.45, 7) is 4.68. The Kier molecular flexibility index (Phi) is 4.69. The van der Waals surface area contributed by atoms with Crippen molar-refractivity contribution in [1.29, 1.82) is 0 Å². The molecule has 0 bridgehead atoms. The largest absolute Gasteiger partial charge is 0.395 e. The fraction of sp³-hybridized carbons (Fsp3) is 0.455. The number of aliphatic hydroxyl groups excluding tert-OH is 1. The van der Waals surface area contributed by atoms with E-state index in [1.807, 2.05) is 13.8 Å². The Hall–Kier alpha value is -1.67. The van der Waals surface area contributed by atoms with Gasteiger partial charge in [0.05, 0.1) is 6.61 Å². The highest BCUT2D eigenvalue weighted by Crippen LogP contribution is 2.20. The molecule has 2 rings (SSSR count). The number of nitrogens with zero attached hydrogens (tertiary/aromatic N) is 5. The molecule has 0 saturated carbocycles. The molecule has 0 saturated heterocycles. The van der Waals surface area contributed by atoms with Gasteiger partial charge >= 0.3 is 0 Å². The highest BCUT2D eigenvalue weighted by atomic mass is 32.2. The minimum absolute atomic E-state index is 0.0300. The van der Waals surface area contributed by atoms with Crippen LogP contribution in [0.5, 0.6) is 0 Å². The molecular formula is C11H16N6OS. The molecule has 0 aliphatic carbocycles. The van der Waals surface area contributed by atoms with Gasteiger partial charge in [-0.15, -0.1) is 0 Å². The number of aromatic nitrogens is 5. The smallest absolute Gasteiger partial charge is 0.256 e. The molecule has 0 fully saturated rings. The lowest BCUT2D eigenvalue weighted by Crippen LogP contribution is -2.11. The van der Waals surface area contributed by atoms with E-state index in [-0.39, 0.29) is 11.9 Å². The molecule has 0 aliphatic rings. The first-order valence-corrected chi connectivity index (χ1v) is 6.88. The van der Waals surface area contributed by atoms with Gasteiger partial charge in [0, 0.05) is 24.2 Å². The first kappa shape index (κ1) is 13.8. The summed E-state index contributed by atoms with van der Waals surface area (Å²) in [4.78, 5) is 12.9. The molecule has 0 amide bonds. The third-order valence-corrected chi connectivity index (χ3v) is 3.16. The van der Waals surface area contributed by atoms with Crippen molar-refractivity contribution < 1.29 is 5.11 Å². The highest BCUT2D eigenvalue weighted by molar-refractivity contribution is 7.99. The molecule has 2 heterocycles. The van der Waals surface area contributed by atoms with Gasteiger partial charge in [0.25, 0.3) is 5.95 Å². The normalized spacial score (nSPS) is 12.4. The summed E-state index contributed by atoms with van der Waals surface area (Å²) < 4.78 is 1.58. The first-order valence-electron chi connectivity index (χ1n) is 6.00. The van der Waals surface area contributed by atoms with Crippen molar-refractivity contribution in [2.45, 2.75) is 24.3 Å². The van der Waals surface area contributed by atoms with Crippen molar-refractivity contribution in [2.75, 3.05) is 18.5 Å². The number of aliphatic hydroxyl groups is 1. The predicted octanol–water partition coefficient (Wildman–Crippen LogP) is 0.962. The zero-order chi connectivity index (χ0) is 13.7. The Morgan fingerprint density at radius 3 is 2.89 bits per heavy atom. The lowest BCUT2D eigenvalue weighted by atomic mass is 10.5. The fourth-order valence-corrected chi connectivity index (χ4v) is 2.05. The van der Waals surface area contributed by atoms with Gasteiger partial charge in [-0.2, -0.15) is 20.1 Å². The van der Waals surface area contributed by atoms with Gasteiger partial charge in [0.15, 0.2) is 5.16 Å². The minimum Gasteiger partial charge on any atom is -0.395 e. The van der Waals surface area contributed by atoms with E-state index in [1.165, 1.54) is 11.8 Å². The maximum Gasteiger partial charge on any atom is 0.256 e. The van der Waals surface area contributed by atoms with Crippen LogP contribution in [0.2, 0.25) is 0 Å². The van der Waals surface area contributed by atoms with Gasteiger partial charge in [-0.25, -0.2) is 4.68 Å². The molecule has 2 aromatic heterocycles. The summed E-state index contributed by atoms with van der Waals surface area (Å²) >= 11 is 1.40. The van der Waals surface area contributed by atoms with Gasteiger partial charge in [-0.3, -0.25) is 0 Å². The van der Waals surface area contributed by atoms with E-state index < -0.39 is 0 Å². The van der Waals surface area contributed by atoms with Gasteiger partial charge < -0.3 is 10.4 Å². The maximum atomic E-state index is 9.10. The molecule has 2 aromatic rings. The zero-order valence-electron chi connectivity index (χ0n) is 10.8. The lowest BCUT2D eigenvalue weighted by Gasteiger charge is -2.09. The van der Waals surface area contributed by atoms with Crippen LogP contribution in [-0.2, 0) is 0 Å². The predicted molar refractivity (Wildman–Crippen MR) is 73.5 cm³/mol. The Morgan fingerprint density at radius 2 is 2.26 bits per heavy atom. The molecule has 0 aliphatic heterocycles. The van der Waals surface area contributed by atoms with E-state index in [0.29, 0.717) is 17.1 Å². The van der Waals surface area contributed by atoms with E-state index in [0.717, 1.165) is 6.54 Å². The molecule has 1 unspecified atom stereocenters. The summed E-state index contributed by atoms with van der Waals surface area (Å²) in [7, 11) is 0. The van der Waals surface area contributed by atoms with Crippen molar-refractivity contribution >= 4 is 17.7 Å². The Balaban J connectivity index is 2.32. The summed E-state index contributed by atoms with van der Waals surface area (Å²) in [6.07, 6.45) is 3.44. The topological polar surface area (TPSA) is 88.8 Å². The van der Waals surface area contributed by atoms with Gasteiger partial charge in [-0.05, 0) is 13.0 Å². The molecule has 7 nitrogen and oxygen atoms in total. The number of thioether (sulfide) groups is 1. The van der Waals surface area contributed by atoms with Crippen molar-refractivity contribution in [3.63, 3.8) is 0 Å². The molecule has 102 valence electrons. The lowest BCUT2D eigenvalue weighted by molar-refractivity contribution is 0.300. The minimum atomic E-state index is 0.0300. The average Bonchev–Trinajstić information content (AvgIpc) is 2.92. The molecule has 0 aromatic carbocycles. The summed E-state index contributed by atoms with van der Waals surface area (Å²) in [5, 5.41) is 16.9. The monoisotopic (exact) mass is 280 g/mol. The summed E-state index contributed by atoms with van der Waals surface area (Å²) in [5.41, 5.74) is 0. The zero-order valence-corrected chi connectivity index (χ0v) is 11.6.